The largest absolute Gasteiger partial charge is 0.486 e. The molecule has 32 heavy (non-hydrogen) atoms. The van der Waals surface area contributed by atoms with Crippen molar-refractivity contribution in [3.63, 3.8) is 0 Å². The average Bonchev–Trinajstić information content (AvgIpc) is 2.90. The van der Waals surface area contributed by atoms with Gasteiger partial charge in [-0.05, 0) is 49.4 Å². The summed E-state index contributed by atoms with van der Waals surface area (Å²) in [5.41, 5.74) is 2.99. The zero-order valence-corrected chi connectivity index (χ0v) is 19.3. The van der Waals surface area contributed by atoms with Crippen molar-refractivity contribution in [2.45, 2.75) is 64.3 Å². The number of para-hydroxylation sites is 1. The van der Waals surface area contributed by atoms with Crippen LogP contribution in [0.5, 0.6) is 5.75 Å². The lowest BCUT2D eigenvalue weighted by Gasteiger charge is -2.43. The van der Waals surface area contributed by atoms with Gasteiger partial charge in [0.25, 0.3) is 0 Å². The van der Waals surface area contributed by atoms with E-state index in [1.807, 2.05) is 30.1 Å². The van der Waals surface area contributed by atoms with Crippen molar-refractivity contribution >= 4 is 17.5 Å². The maximum Gasteiger partial charge on any atom is 0.221 e. The highest BCUT2D eigenvalue weighted by Crippen LogP contribution is 2.39. The molecule has 6 nitrogen and oxygen atoms in total. The predicted octanol–water partition coefficient (Wildman–Crippen LogP) is 4.20. The van der Waals surface area contributed by atoms with Crippen LogP contribution in [-0.4, -0.2) is 46.8 Å². The van der Waals surface area contributed by atoms with E-state index in [0.29, 0.717) is 0 Å². The molecule has 0 atom stereocenters. The molecule has 0 saturated heterocycles. The molecule has 1 saturated carbocycles. The maximum atomic E-state index is 11.8. The Balaban J connectivity index is 1.52. The van der Waals surface area contributed by atoms with E-state index in [1.165, 1.54) is 18.1 Å². The number of anilines is 1. The Hall–Kier alpha value is -2.86. The van der Waals surface area contributed by atoms with E-state index in [0.717, 1.165) is 56.8 Å². The second-order valence-electron chi connectivity index (χ2n) is 9.28. The molecule has 0 unspecified atom stereocenters. The number of rotatable bonds is 4. The van der Waals surface area contributed by atoms with Crippen LogP contribution in [0.2, 0.25) is 0 Å². The average molecular weight is 436 g/mol. The molecule has 4 rings (SSSR count). The molecular weight excluding hydrogens is 402 g/mol. The molecule has 0 bridgehead atoms. The van der Waals surface area contributed by atoms with Crippen molar-refractivity contribution in [1.82, 2.24) is 9.80 Å². The van der Waals surface area contributed by atoms with E-state index < -0.39 is 0 Å². The van der Waals surface area contributed by atoms with Crippen molar-refractivity contribution in [1.29, 1.82) is 0 Å². The van der Waals surface area contributed by atoms with Crippen LogP contribution in [0.3, 0.4) is 0 Å². The van der Waals surface area contributed by atoms with Gasteiger partial charge in [-0.3, -0.25) is 14.5 Å². The third-order valence-electron chi connectivity index (χ3n) is 6.80. The Labute approximate surface area is 190 Å². The van der Waals surface area contributed by atoms with E-state index in [1.54, 1.807) is 6.92 Å². The topological polar surface area (TPSA) is 61.9 Å². The number of nitrogens with zero attached hydrogens (tertiary/aromatic N) is 2. The van der Waals surface area contributed by atoms with Gasteiger partial charge >= 0.3 is 0 Å². The normalized spacial score (nSPS) is 23.0. The number of hydrogen-bond donors (Lipinski definition) is 1. The van der Waals surface area contributed by atoms with Gasteiger partial charge in [-0.25, -0.2) is 0 Å². The Morgan fingerprint density at radius 1 is 1.09 bits per heavy atom. The molecule has 1 heterocycles. The summed E-state index contributed by atoms with van der Waals surface area (Å²) in [6.45, 7) is 5.66. The number of hydrogen-bond acceptors (Lipinski definition) is 4. The molecule has 1 N–H and O–H groups in total. The summed E-state index contributed by atoms with van der Waals surface area (Å²) in [4.78, 5) is 27.5. The van der Waals surface area contributed by atoms with E-state index in [4.69, 9.17) is 4.74 Å². The molecule has 1 fully saturated rings. The first-order chi connectivity index (χ1) is 15.3. The number of carbonyl (C=O) groups is 2. The molecule has 0 radical (unpaired) electrons. The molecule has 2 aromatic carbocycles. The van der Waals surface area contributed by atoms with E-state index in [2.05, 4.69) is 40.5 Å². The number of benzene rings is 2. The molecule has 0 aromatic heterocycles. The van der Waals surface area contributed by atoms with Gasteiger partial charge in [0.05, 0.1) is 0 Å². The lowest BCUT2D eigenvalue weighted by atomic mass is 9.81. The lowest BCUT2D eigenvalue weighted by Crippen LogP contribution is -2.51. The molecular formula is C26H33N3O3. The third kappa shape index (κ3) is 5.13. The van der Waals surface area contributed by atoms with Crippen LogP contribution in [0.1, 0.15) is 50.7 Å². The minimum absolute atomic E-state index is 0.0630. The molecule has 2 aromatic rings. The van der Waals surface area contributed by atoms with Crippen molar-refractivity contribution in [2.75, 3.05) is 18.9 Å². The van der Waals surface area contributed by atoms with Crippen molar-refractivity contribution in [2.24, 2.45) is 0 Å². The highest BCUT2D eigenvalue weighted by Gasteiger charge is 2.42. The summed E-state index contributed by atoms with van der Waals surface area (Å²) in [5, 5.41) is 2.83. The van der Waals surface area contributed by atoms with Gasteiger partial charge in [0, 0.05) is 57.8 Å². The minimum atomic E-state index is -0.239. The predicted molar refractivity (Wildman–Crippen MR) is 125 cm³/mol. The number of amides is 2. The maximum absolute atomic E-state index is 11.8. The van der Waals surface area contributed by atoms with Crippen LogP contribution < -0.4 is 10.1 Å². The first-order valence-corrected chi connectivity index (χ1v) is 11.4. The second kappa shape index (κ2) is 9.33. The first kappa shape index (κ1) is 22.3. The number of ether oxygens (including phenoxy) is 1. The quantitative estimate of drug-likeness (QED) is 0.782. The summed E-state index contributed by atoms with van der Waals surface area (Å²) < 4.78 is 6.71. The molecule has 170 valence electrons. The first-order valence-electron chi connectivity index (χ1n) is 11.4. The Morgan fingerprint density at radius 2 is 1.78 bits per heavy atom. The van der Waals surface area contributed by atoms with Gasteiger partial charge in [0.1, 0.15) is 11.4 Å². The van der Waals surface area contributed by atoms with Crippen LogP contribution in [0.4, 0.5) is 5.69 Å². The fraction of sp³-hybridized carbons (Fsp3) is 0.462. The van der Waals surface area contributed by atoms with Gasteiger partial charge in [-0.2, -0.15) is 0 Å². The number of nitrogens with one attached hydrogen (secondary N) is 1. The van der Waals surface area contributed by atoms with Crippen molar-refractivity contribution in [3.8, 4) is 5.75 Å². The van der Waals surface area contributed by atoms with Crippen LogP contribution in [-0.2, 0) is 22.7 Å². The van der Waals surface area contributed by atoms with Crippen molar-refractivity contribution in [3.05, 3.63) is 59.7 Å². The smallest absolute Gasteiger partial charge is 0.221 e. The minimum Gasteiger partial charge on any atom is -0.486 e. The number of carbonyl (C=O) groups excluding carboxylic acids is 2. The van der Waals surface area contributed by atoms with E-state index in [9.17, 15) is 9.59 Å². The van der Waals surface area contributed by atoms with Crippen molar-refractivity contribution < 1.29 is 14.3 Å². The summed E-state index contributed by atoms with van der Waals surface area (Å²) in [6.07, 6.45) is 3.78. The fourth-order valence-electron chi connectivity index (χ4n) is 5.00. The Kier molecular flexibility index (Phi) is 6.51. The summed E-state index contributed by atoms with van der Waals surface area (Å²) in [7, 11) is 1.91. The SMILES string of the molecule is CC(=O)Nc1ccc(CN2Cc3ccccc3OC3(CCC(N(C)C(C)=O)CC3)C2)cc1. The molecule has 1 aliphatic heterocycles. The summed E-state index contributed by atoms with van der Waals surface area (Å²) in [5.74, 6) is 1.05. The van der Waals surface area contributed by atoms with Crippen LogP contribution >= 0.6 is 0 Å². The van der Waals surface area contributed by atoms with Gasteiger partial charge in [-0.15, -0.1) is 0 Å². The highest BCUT2D eigenvalue weighted by atomic mass is 16.5. The molecule has 1 spiro atoms. The summed E-state index contributed by atoms with van der Waals surface area (Å²) in [6, 6.07) is 16.7. The highest BCUT2D eigenvalue weighted by molar-refractivity contribution is 5.88. The summed E-state index contributed by atoms with van der Waals surface area (Å²) >= 11 is 0. The lowest BCUT2D eigenvalue weighted by molar-refractivity contribution is -0.131. The Morgan fingerprint density at radius 3 is 2.44 bits per heavy atom. The molecule has 2 aliphatic rings. The second-order valence-corrected chi connectivity index (χ2v) is 9.28. The van der Waals surface area contributed by atoms with Gasteiger partial charge < -0.3 is 15.0 Å². The van der Waals surface area contributed by atoms with Crippen LogP contribution in [0.25, 0.3) is 0 Å². The monoisotopic (exact) mass is 435 g/mol. The molecule has 1 aliphatic carbocycles. The number of fused-ring (bicyclic) bond motifs is 1. The standard InChI is InChI=1S/C26H33N3O3/c1-19(30)27-23-10-8-21(9-11-23)16-29-17-22-6-4-5-7-25(22)32-26(18-29)14-12-24(13-15-26)28(3)20(2)31/h4-11,24H,12-18H2,1-3H3,(H,27,30). The molecule has 6 heteroatoms. The fourth-order valence-corrected chi connectivity index (χ4v) is 5.00. The Bertz CT molecular complexity index is 965. The van der Waals surface area contributed by atoms with Crippen LogP contribution in [0.15, 0.2) is 48.5 Å². The van der Waals surface area contributed by atoms with E-state index in [-0.39, 0.29) is 23.5 Å². The molecule has 2 amide bonds. The van der Waals surface area contributed by atoms with Crippen LogP contribution in [0, 0.1) is 0 Å². The zero-order valence-electron chi connectivity index (χ0n) is 19.3. The third-order valence-corrected chi connectivity index (χ3v) is 6.80. The van der Waals surface area contributed by atoms with Gasteiger partial charge in [0.2, 0.25) is 11.8 Å². The zero-order chi connectivity index (χ0) is 22.7. The van der Waals surface area contributed by atoms with E-state index >= 15 is 0 Å². The van der Waals surface area contributed by atoms with Gasteiger partial charge in [-0.1, -0.05) is 30.3 Å². The van der Waals surface area contributed by atoms with Gasteiger partial charge in [0.15, 0.2) is 0 Å².